The molecule has 0 spiro atoms. The third-order valence-electron chi connectivity index (χ3n) is 5.08. The van der Waals surface area contributed by atoms with Gasteiger partial charge < -0.3 is 0 Å². The number of allylic oxidation sites excluding steroid dienone is 2. The standard InChI is InChI=1S/C18H32/c1(3-5-11-17-13-7-8-14-17)2-4-6-12-18-15-9-10-16-18/h1-2,17-18H,3-16H2. The van der Waals surface area contributed by atoms with E-state index < -0.39 is 0 Å². The molecule has 0 atom stereocenters. The molecule has 0 saturated heterocycles. The monoisotopic (exact) mass is 248 g/mol. The lowest BCUT2D eigenvalue weighted by atomic mass is 9.99. The number of hydrogen-bond donors (Lipinski definition) is 0. The van der Waals surface area contributed by atoms with Crippen molar-refractivity contribution in [2.45, 2.75) is 89.9 Å². The highest BCUT2D eigenvalue weighted by atomic mass is 14.2. The topological polar surface area (TPSA) is 0 Å². The molecule has 2 aliphatic rings. The summed E-state index contributed by atoms with van der Waals surface area (Å²) in [6, 6.07) is 0. The van der Waals surface area contributed by atoms with Gasteiger partial charge in [-0.2, -0.15) is 0 Å². The van der Waals surface area contributed by atoms with Crippen molar-refractivity contribution in [3.8, 4) is 0 Å². The van der Waals surface area contributed by atoms with Crippen molar-refractivity contribution in [3.63, 3.8) is 0 Å². The van der Waals surface area contributed by atoms with E-state index in [1.165, 1.54) is 89.9 Å². The van der Waals surface area contributed by atoms with Crippen LogP contribution in [0.1, 0.15) is 89.9 Å². The molecule has 2 aliphatic carbocycles. The van der Waals surface area contributed by atoms with E-state index >= 15 is 0 Å². The van der Waals surface area contributed by atoms with Gasteiger partial charge in [0.15, 0.2) is 0 Å². The van der Waals surface area contributed by atoms with Crippen LogP contribution in [0, 0.1) is 11.8 Å². The Hall–Kier alpha value is -0.260. The maximum absolute atomic E-state index is 2.45. The van der Waals surface area contributed by atoms with Crippen LogP contribution >= 0.6 is 0 Å². The van der Waals surface area contributed by atoms with E-state index in [4.69, 9.17) is 0 Å². The third-order valence-corrected chi connectivity index (χ3v) is 5.08. The maximum Gasteiger partial charge on any atom is -0.0351 e. The smallest absolute Gasteiger partial charge is 0.0351 e. The minimum atomic E-state index is 1.08. The summed E-state index contributed by atoms with van der Waals surface area (Å²) < 4.78 is 0. The van der Waals surface area contributed by atoms with E-state index in [2.05, 4.69) is 12.2 Å². The molecular weight excluding hydrogens is 216 g/mol. The van der Waals surface area contributed by atoms with Crippen LogP contribution in [0.2, 0.25) is 0 Å². The van der Waals surface area contributed by atoms with Crippen LogP contribution in [-0.4, -0.2) is 0 Å². The maximum atomic E-state index is 2.45. The molecule has 0 radical (unpaired) electrons. The summed E-state index contributed by atoms with van der Waals surface area (Å²) in [7, 11) is 0. The first-order valence-electron chi connectivity index (χ1n) is 8.60. The number of unbranched alkanes of at least 4 members (excludes halogenated alkanes) is 2. The van der Waals surface area contributed by atoms with E-state index in [9.17, 15) is 0 Å². The molecule has 0 aliphatic heterocycles. The lowest BCUT2D eigenvalue weighted by Gasteiger charge is -2.07. The van der Waals surface area contributed by atoms with Gasteiger partial charge in [-0.15, -0.1) is 0 Å². The van der Waals surface area contributed by atoms with Gasteiger partial charge >= 0.3 is 0 Å². The van der Waals surface area contributed by atoms with Crippen molar-refractivity contribution >= 4 is 0 Å². The highest BCUT2D eigenvalue weighted by Crippen LogP contribution is 2.29. The lowest BCUT2D eigenvalue weighted by Crippen LogP contribution is -1.92. The molecule has 18 heavy (non-hydrogen) atoms. The van der Waals surface area contributed by atoms with Crippen LogP contribution in [0.25, 0.3) is 0 Å². The van der Waals surface area contributed by atoms with Crippen molar-refractivity contribution in [1.29, 1.82) is 0 Å². The second kappa shape index (κ2) is 8.77. The summed E-state index contributed by atoms with van der Waals surface area (Å²) in [5, 5.41) is 0. The second-order valence-electron chi connectivity index (χ2n) is 6.63. The Balaban J connectivity index is 1.38. The lowest BCUT2D eigenvalue weighted by molar-refractivity contribution is 0.483. The van der Waals surface area contributed by atoms with E-state index in [1.807, 2.05) is 0 Å². The van der Waals surface area contributed by atoms with Crippen molar-refractivity contribution in [2.24, 2.45) is 11.8 Å². The van der Waals surface area contributed by atoms with Crippen LogP contribution < -0.4 is 0 Å². The van der Waals surface area contributed by atoms with Gasteiger partial charge in [0, 0.05) is 0 Å². The average Bonchev–Trinajstić information content (AvgIpc) is 3.05. The quantitative estimate of drug-likeness (QED) is 0.351. The molecule has 0 N–H and O–H groups in total. The molecule has 2 fully saturated rings. The minimum absolute atomic E-state index is 1.08. The summed E-state index contributed by atoms with van der Waals surface area (Å²) in [5.41, 5.74) is 0. The van der Waals surface area contributed by atoms with Gasteiger partial charge in [-0.25, -0.2) is 0 Å². The number of hydrogen-bond acceptors (Lipinski definition) is 0. The highest BCUT2D eigenvalue weighted by molar-refractivity contribution is 4.82. The Morgan fingerprint density at radius 1 is 0.611 bits per heavy atom. The van der Waals surface area contributed by atoms with E-state index in [0.29, 0.717) is 0 Å². The van der Waals surface area contributed by atoms with Crippen LogP contribution in [0.4, 0.5) is 0 Å². The van der Waals surface area contributed by atoms with Gasteiger partial charge in [0.2, 0.25) is 0 Å². The van der Waals surface area contributed by atoms with Gasteiger partial charge in [-0.3, -0.25) is 0 Å². The summed E-state index contributed by atoms with van der Waals surface area (Å²) in [5.74, 6) is 2.17. The van der Waals surface area contributed by atoms with Crippen molar-refractivity contribution in [1.82, 2.24) is 0 Å². The van der Waals surface area contributed by atoms with Gasteiger partial charge in [0.1, 0.15) is 0 Å². The zero-order valence-electron chi connectivity index (χ0n) is 12.2. The first kappa shape index (κ1) is 14.2. The predicted octanol–water partition coefficient (Wildman–Crippen LogP) is 6.26. The molecule has 2 saturated carbocycles. The largest absolute Gasteiger partial charge is 0.0885 e. The molecule has 0 aromatic heterocycles. The molecule has 0 aromatic rings. The van der Waals surface area contributed by atoms with Gasteiger partial charge in [0.05, 0.1) is 0 Å². The van der Waals surface area contributed by atoms with Crippen molar-refractivity contribution in [3.05, 3.63) is 12.2 Å². The Bertz CT molecular complexity index is 192. The third kappa shape index (κ3) is 5.59. The first-order valence-corrected chi connectivity index (χ1v) is 8.60. The van der Waals surface area contributed by atoms with Crippen LogP contribution in [-0.2, 0) is 0 Å². The van der Waals surface area contributed by atoms with Gasteiger partial charge in [0.25, 0.3) is 0 Å². The van der Waals surface area contributed by atoms with E-state index in [1.54, 1.807) is 0 Å². The minimum Gasteiger partial charge on any atom is -0.0885 e. The fraction of sp³-hybridized carbons (Fsp3) is 0.889. The zero-order valence-corrected chi connectivity index (χ0v) is 12.2. The average molecular weight is 248 g/mol. The van der Waals surface area contributed by atoms with E-state index in [0.717, 1.165) is 11.8 Å². The van der Waals surface area contributed by atoms with Crippen LogP contribution in [0.5, 0.6) is 0 Å². The molecule has 2 rings (SSSR count). The summed E-state index contributed by atoms with van der Waals surface area (Å²) in [4.78, 5) is 0. The normalized spacial score (nSPS) is 22.4. The van der Waals surface area contributed by atoms with Crippen molar-refractivity contribution in [2.75, 3.05) is 0 Å². The fourth-order valence-electron chi connectivity index (χ4n) is 3.88. The molecule has 0 unspecified atom stereocenters. The van der Waals surface area contributed by atoms with Gasteiger partial charge in [-0.1, -0.05) is 76.4 Å². The molecule has 0 aromatic carbocycles. The first-order chi connectivity index (χ1) is 8.95. The van der Waals surface area contributed by atoms with Crippen molar-refractivity contribution < 1.29 is 0 Å². The summed E-state index contributed by atoms with van der Waals surface area (Å²) >= 11 is 0. The van der Waals surface area contributed by atoms with Crippen LogP contribution in [0.15, 0.2) is 12.2 Å². The molecule has 0 bridgehead atoms. The van der Waals surface area contributed by atoms with E-state index in [-0.39, 0.29) is 0 Å². The zero-order chi connectivity index (χ0) is 12.5. The molecule has 0 heterocycles. The molecule has 0 nitrogen and oxygen atoms in total. The fourth-order valence-corrected chi connectivity index (χ4v) is 3.88. The van der Waals surface area contributed by atoms with Gasteiger partial charge in [-0.05, 0) is 37.5 Å². The number of rotatable bonds is 8. The SMILES string of the molecule is C(=CCCCC1CCCC1)CCCC1CCCC1. The molecule has 0 heteroatoms. The Morgan fingerprint density at radius 2 is 1.00 bits per heavy atom. The summed E-state index contributed by atoms with van der Waals surface area (Å²) in [6.07, 6.45) is 25.5. The van der Waals surface area contributed by atoms with Crippen LogP contribution in [0.3, 0.4) is 0 Å². The molecule has 104 valence electrons. The Morgan fingerprint density at radius 3 is 1.39 bits per heavy atom. The predicted molar refractivity (Wildman–Crippen MR) is 80.8 cm³/mol. The highest BCUT2D eigenvalue weighted by Gasteiger charge is 2.14. The molecular formula is C18H32. The Labute approximate surface area is 114 Å². The second-order valence-corrected chi connectivity index (χ2v) is 6.63. The summed E-state index contributed by atoms with van der Waals surface area (Å²) in [6.45, 7) is 0. The Kier molecular flexibility index (Phi) is 6.90. The molecule has 0 amide bonds.